The molecule has 2 heterocycles. The maximum Gasteiger partial charge on any atom is 0.251 e. The van der Waals surface area contributed by atoms with Gasteiger partial charge in [-0.2, -0.15) is 10.5 Å². The quantitative estimate of drug-likeness (QED) is 0.750. The van der Waals surface area contributed by atoms with Gasteiger partial charge in [0.05, 0.1) is 30.4 Å². The first-order valence-electron chi connectivity index (χ1n) is 10.7. The van der Waals surface area contributed by atoms with E-state index in [1.807, 2.05) is 19.1 Å². The van der Waals surface area contributed by atoms with Crippen LogP contribution < -0.4 is 10.6 Å². The van der Waals surface area contributed by atoms with Gasteiger partial charge in [0.15, 0.2) is 0 Å². The van der Waals surface area contributed by atoms with Crippen molar-refractivity contribution >= 4 is 5.91 Å². The summed E-state index contributed by atoms with van der Waals surface area (Å²) in [5, 5.41) is 24.6. The van der Waals surface area contributed by atoms with Crippen LogP contribution in [0.25, 0.3) is 0 Å². The highest BCUT2D eigenvalue weighted by molar-refractivity contribution is 5.81. The predicted octanol–water partition coefficient (Wildman–Crippen LogP) is 2.29. The summed E-state index contributed by atoms with van der Waals surface area (Å²) < 4.78 is 26.7. The van der Waals surface area contributed by atoms with Crippen molar-refractivity contribution in [3.63, 3.8) is 0 Å². The molecule has 32 heavy (non-hydrogen) atoms. The van der Waals surface area contributed by atoms with Gasteiger partial charge in [-0.25, -0.2) is 4.39 Å². The zero-order chi connectivity index (χ0) is 22.7. The Morgan fingerprint density at radius 3 is 3.03 bits per heavy atom. The first kappa shape index (κ1) is 22.2. The van der Waals surface area contributed by atoms with E-state index in [9.17, 15) is 15.3 Å². The third-order valence-electron chi connectivity index (χ3n) is 6.25. The van der Waals surface area contributed by atoms with Crippen LogP contribution in [0.4, 0.5) is 4.39 Å². The van der Waals surface area contributed by atoms with Gasteiger partial charge in [-0.1, -0.05) is 6.07 Å². The average Bonchev–Trinajstić information content (AvgIpc) is 3.08. The number of carbonyl (C=O) groups excluding carboxylic acids is 1. The largest absolute Gasteiger partial charge is 0.368 e. The van der Waals surface area contributed by atoms with Gasteiger partial charge in [-0.15, -0.1) is 0 Å². The Balaban J connectivity index is 1.51. The zero-order valence-corrected chi connectivity index (χ0v) is 17.9. The summed E-state index contributed by atoms with van der Waals surface area (Å²) in [5.41, 5.74) is 1.85. The molecule has 0 saturated carbocycles. The van der Waals surface area contributed by atoms with Gasteiger partial charge < -0.3 is 20.1 Å². The second-order valence-electron chi connectivity index (χ2n) is 8.49. The molecule has 1 aromatic carbocycles. The van der Waals surface area contributed by atoms with E-state index < -0.39 is 29.5 Å². The lowest BCUT2D eigenvalue weighted by Gasteiger charge is -2.42. The molecule has 3 aliphatic rings. The van der Waals surface area contributed by atoms with Crippen molar-refractivity contribution in [2.24, 2.45) is 0 Å². The standard InChI is InChI=1S/C24H25FN4O3/c1-24-10-20(25)17(8-18(12-27)29-23(30)21-13-28-5-2-6-31-21)9-22(24)32-14-16-4-3-15(11-26)7-19(16)24/h3-4,7,9-10,18,21-22,28H,2,5-6,8,13-14H2,1H3,(H,29,30)/t18-,21-,22?,24?/m0/s1. The van der Waals surface area contributed by atoms with E-state index in [1.54, 1.807) is 18.2 Å². The summed E-state index contributed by atoms with van der Waals surface area (Å²) in [7, 11) is 0. The van der Waals surface area contributed by atoms with Crippen LogP contribution in [0.5, 0.6) is 0 Å². The number of nitrogens with zero attached hydrogens (tertiary/aromatic N) is 2. The summed E-state index contributed by atoms with van der Waals surface area (Å²) in [6.45, 7) is 3.85. The van der Waals surface area contributed by atoms with Crippen molar-refractivity contribution in [3.8, 4) is 12.1 Å². The molecule has 1 aromatic rings. The molecule has 4 atom stereocenters. The van der Waals surface area contributed by atoms with Crippen LogP contribution in [0.2, 0.25) is 0 Å². The van der Waals surface area contributed by atoms with Gasteiger partial charge in [0.2, 0.25) is 0 Å². The molecule has 4 rings (SSSR count). The molecule has 0 aromatic heterocycles. The highest BCUT2D eigenvalue weighted by Crippen LogP contribution is 2.44. The first-order valence-corrected chi connectivity index (χ1v) is 10.7. The third kappa shape index (κ3) is 4.31. The van der Waals surface area contributed by atoms with Crippen molar-refractivity contribution in [2.45, 2.75) is 50.0 Å². The number of benzene rings is 1. The molecule has 0 spiro atoms. The Labute approximate surface area is 186 Å². The molecule has 2 unspecified atom stereocenters. The van der Waals surface area contributed by atoms with Gasteiger partial charge in [0.1, 0.15) is 18.0 Å². The smallest absolute Gasteiger partial charge is 0.251 e. The second kappa shape index (κ2) is 9.22. The summed E-state index contributed by atoms with van der Waals surface area (Å²) >= 11 is 0. The highest BCUT2D eigenvalue weighted by Gasteiger charge is 2.42. The number of hydrogen-bond donors (Lipinski definition) is 2. The van der Waals surface area contributed by atoms with Gasteiger partial charge in [-0.3, -0.25) is 4.79 Å². The Morgan fingerprint density at radius 2 is 2.25 bits per heavy atom. The van der Waals surface area contributed by atoms with Crippen LogP contribution in [0.3, 0.4) is 0 Å². The number of rotatable bonds is 4. The number of hydrogen-bond acceptors (Lipinski definition) is 6. The van der Waals surface area contributed by atoms with Crippen molar-refractivity contribution < 1.29 is 18.7 Å². The fraction of sp³-hybridized carbons (Fsp3) is 0.458. The number of carbonyl (C=O) groups is 1. The lowest BCUT2D eigenvalue weighted by Crippen LogP contribution is -2.46. The number of nitrogens with one attached hydrogen (secondary N) is 2. The van der Waals surface area contributed by atoms with Crippen molar-refractivity contribution in [1.82, 2.24) is 10.6 Å². The Morgan fingerprint density at radius 1 is 1.41 bits per heavy atom. The SMILES string of the molecule is CC12C=C(F)C(C[C@@H](C#N)NC(=O)[C@@H]3CNCCCO3)=CC1OCc1ccc(C#N)cc12. The maximum absolute atomic E-state index is 15.2. The molecule has 8 heteroatoms. The number of allylic oxidation sites excluding steroid dienone is 1. The molecule has 1 fully saturated rings. The number of fused-ring (bicyclic) bond motifs is 3. The molecule has 2 N–H and O–H groups in total. The van der Waals surface area contributed by atoms with Crippen LogP contribution in [0, 0.1) is 22.7 Å². The minimum Gasteiger partial charge on any atom is -0.368 e. The van der Waals surface area contributed by atoms with Crippen LogP contribution in [0.15, 0.2) is 41.8 Å². The van der Waals surface area contributed by atoms with E-state index >= 15 is 4.39 Å². The summed E-state index contributed by atoms with van der Waals surface area (Å²) in [6.07, 6.45) is 2.91. The van der Waals surface area contributed by atoms with Crippen LogP contribution >= 0.6 is 0 Å². The minimum atomic E-state index is -0.898. The summed E-state index contributed by atoms with van der Waals surface area (Å²) in [6, 6.07) is 8.63. The van der Waals surface area contributed by atoms with Crippen LogP contribution in [-0.2, 0) is 26.3 Å². The number of halogens is 1. The minimum absolute atomic E-state index is 0.0196. The lowest BCUT2D eigenvalue weighted by atomic mass is 9.70. The monoisotopic (exact) mass is 436 g/mol. The molecular weight excluding hydrogens is 411 g/mol. The van der Waals surface area contributed by atoms with E-state index in [2.05, 4.69) is 16.7 Å². The molecule has 2 aliphatic heterocycles. The Hall–Kier alpha value is -3.04. The Kier molecular flexibility index (Phi) is 6.38. The van der Waals surface area contributed by atoms with Crippen LogP contribution in [-0.4, -0.2) is 43.9 Å². The fourth-order valence-corrected chi connectivity index (χ4v) is 4.44. The van der Waals surface area contributed by atoms with E-state index in [0.717, 1.165) is 24.1 Å². The Bertz CT molecular complexity index is 1050. The number of ether oxygens (including phenoxy) is 2. The third-order valence-corrected chi connectivity index (χ3v) is 6.25. The lowest BCUT2D eigenvalue weighted by molar-refractivity contribution is -0.132. The normalized spacial score (nSPS) is 27.9. The summed E-state index contributed by atoms with van der Waals surface area (Å²) in [5.74, 6) is -0.840. The molecule has 166 valence electrons. The van der Waals surface area contributed by atoms with Crippen molar-refractivity contribution in [3.05, 3.63) is 58.4 Å². The van der Waals surface area contributed by atoms with Gasteiger partial charge in [-0.05, 0) is 60.9 Å². The van der Waals surface area contributed by atoms with Crippen molar-refractivity contribution in [2.75, 3.05) is 19.7 Å². The van der Waals surface area contributed by atoms with Gasteiger partial charge in [0.25, 0.3) is 5.91 Å². The number of amides is 1. The fourth-order valence-electron chi connectivity index (χ4n) is 4.44. The van der Waals surface area contributed by atoms with Crippen molar-refractivity contribution in [1.29, 1.82) is 10.5 Å². The molecule has 1 amide bonds. The molecule has 0 bridgehead atoms. The zero-order valence-electron chi connectivity index (χ0n) is 17.9. The second-order valence-corrected chi connectivity index (χ2v) is 8.49. The molecule has 0 radical (unpaired) electrons. The highest BCUT2D eigenvalue weighted by atomic mass is 19.1. The van der Waals surface area contributed by atoms with Gasteiger partial charge in [0, 0.05) is 25.0 Å². The number of nitriles is 2. The summed E-state index contributed by atoms with van der Waals surface area (Å²) in [4.78, 5) is 12.5. The molecule has 1 aliphatic carbocycles. The topological polar surface area (TPSA) is 107 Å². The predicted molar refractivity (Wildman–Crippen MR) is 114 cm³/mol. The van der Waals surface area contributed by atoms with E-state index in [1.165, 1.54) is 6.08 Å². The average molecular weight is 436 g/mol. The van der Waals surface area contributed by atoms with Crippen LogP contribution in [0.1, 0.15) is 36.5 Å². The first-order chi connectivity index (χ1) is 15.4. The molecule has 7 nitrogen and oxygen atoms in total. The van der Waals surface area contributed by atoms with E-state index in [4.69, 9.17) is 9.47 Å². The molecule has 1 saturated heterocycles. The van der Waals surface area contributed by atoms with Gasteiger partial charge >= 0.3 is 0 Å². The molecular formula is C24H25FN4O3. The van der Waals surface area contributed by atoms with E-state index in [-0.39, 0.29) is 12.3 Å². The maximum atomic E-state index is 15.2. The van der Waals surface area contributed by atoms with E-state index in [0.29, 0.717) is 30.9 Å².